The number of allylic oxidation sites excluding steroid dienone is 1. The van der Waals surface area contributed by atoms with E-state index in [-0.39, 0.29) is 12.0 Å². The summed E-state index contributed by atoms with van der Waals surface area (Å²) in [6.07, 6.45) is -9.20. The first kappa shape index (κ1) is 27.4. The number of halogens is 7. The van der Waals surface area contributed by atoms with Crippen LogP contribution >= 0.6 is 15.9 Å². The van der Waals surface area contributed by atoms with Crippen LogP contribution in [0.5, 0.6) is 5.75 Å². The molecule has 0 amide bonds. The summed E-state index contributed by atoms with van der Waals surface area (Å²) in [6, 6.07) is 3.16. The molecule has 1 aromatic rings. The summed E-state index contributed by atoms with van der Waals surface area (Å²) in [4.78, 5) is 4.08. The molecule has 1 aromatic heterocycles. The van der Waals surface area contributed by atoms with Gasteiger partial charge < -0.3 is 14.2 Å². The summed E-state index contributed by atoms with van der Waals surface area (Å²) >= 11 is 3.25. The van der Waals surface area contributed by atoms with Gasteiger partial charge in [0.05, 0.1) is 5.69 Å². The minimum absolute atomic E-state index is 0.144. The van der Waals surface area contributed by atoms with Crippen LogP contribution in [0.1, 0.15) is 32.9 Å². The molecule has 1 rings (SSSR count). The summed E-state index contributed by atoms with van der Waals surface area (Å²) in [5, 5.41) is 0.453. The maximum absolute atomic E-state index is 13.8. The molecule has 0 N–H and O–H groups in total. The van der Waals surface area contributed by atoms with E-state index in [4.69, 9.17) is 4.74 Å². The highest BCUT2D eigenvalue weighted by Crippen LogP contribution is 2.51. The Morgan fingerprint density at radius 1 is 1.19 bits per heavy atom. The Morgan fingerprint density at radius 2 is 1.81 bits per heavy atom. The second-order valence-electron chi connectivity index (χ2n) is 6.42. The molecule has 11 heteroatoms. The Labute approximate surface area is 185 Å². The Morgan fingerprint density at radius 3 is 2.26 bits per heavy atom. The number of methoxy groups -OCH3 is 1. The van der Waals surface area contributed by atoms with Crippen molar-refractivity contribution in [3.05, 3.63) is 47.3 Å². The molecule has 0 saturated carbocycles. The quantitative estimate of drug-likeness (QED) is 0.153. The summed E-state index contributed by atoms with van der Waals surface area (Å²) in [7, 11) is 0.936. The second-order valence-corrected chi connectivity index (χ2v) is 6.98. The fraction of sp³-hybridized carbons (Fsp3) is 0.550. The number of ether oxygens (including phenoxy) is 3. The zero-order valence-corrected chi connectivity index (χ0v) is 19.0. The van der Waals surface area contributed by atoms with Gasteiger partial charge in [0.2, 0.25) is 0 Å². The first-order chi connectivity index (χ1) is 14.4. The van der Waals surface area contributed by atoms with Crippen LogP contribution < -0.4 is 4.74 Å². The molecule has 0 aromatic carbocycles. The monoisotopic (exact) mass is 519 g/mol. The molecule has 176 valence electrons. The Balaban J connectivity index is 3.44. The van der Waals surface area contributed by atoms with E-state index in [0.29, 0.717) is 16.8 Å². The lowest BCUT2D eigenvalue weighted by atomic mass is 9.88. The Hall–Kier alpha value is -1.59. The third-order valence-corrected chi connectivity index (χ3v) is 4.99. The van der Waals surface area contributed by atoms with E-state index in [0.717, 1.165) is 26.2 Å². The van der Waals surface area contributed by atoms with E-state index in [9.17, 15) is 26.3 Å². The lowest BCUT2D eigenvalue weighted by Gasteiger charge is -2.38. The van der Waals surface area contributed by atoms with Crippen molar-refractivity contribution in [2.45, 2.75) is 56.6 Å². The number of hydrogen-bond acceptors (Lipinski definition) is 4. The van der Waals surface area contributed by atoms with Crippen LogP contribution in [0.15, 0.2) is 41.6 Å². The largest absolute Gasteiger partial charge is 0.486 e. The summed E-state index contributed by atoms with van der Waals surface area (Å²) in [5.74, 6) is 0.381. The fourth-order valence-corrected chi connectivity index (χ4v) is 3.17. The SMILES string of the molecule is C/C=C(\C=C(\CC)C(C)Oc1ccnc(CBr)c1)C(OCOC)(C(F)(F)F)C(F)(F)F. The van der Waals surface area contributed by atoms with Crippen LogP contribution in [0, 0.1) is 0 Å². The average Bonchev–Trinajstić information content (AvgIpc) is 2.68. The minimum atomic E-state index is -5.79. The van der Waals surface area contributed by atoms with Crippen LogP contribution in [0.4, 0.5) is 26.3 Å². The van der Waals surface area contributed by atoms with Gasteiger partial charge in [-0.1, -0.05) is 35.0 Å². The molecule has 1 atom stereocenters. The van der Waals surface area contributed by atoms with Crippen LogP contribution in [-0.4, -0.2) is 42.9 Å². The predicted molar refractivity (Wildman–Crippen MR) is 107 cm³/mol. The molecule has 0 saturated heterocycles. The van der Waals surface area contributed by atoms with Crippen molar-refractivity contribution in [3.63, 3.8) is 0 Å². The molecule has 0 aliphatic heterocycles. The fourth-order valence-electron chi connectivity index (χ4n) is 2.86. The van der Waals surface area contributed by atoms with E-state index >= 15 is 0 Å². The molecule has 0 radical (unpaired) electrons. The van der Waals surface area contributed by atoms with Crippen molar-refractivity contribution >= 4 is 15.9 Å². The molecule has 1 heterocycles. The van der Waals surface area contributed by atoms with Gasteiger partial charge in [-0.25, -0.2) is 0 Å². The molecule has 0 bridgehead atoms. The van der Waals surface area contributed by atoms with Gasteiger partial charge in [-0.15, -0.1) is 0 Å². The minimum Gasteiger partial charge on any atom is -0.486 e. The summed E-state index contributed by atoms with van der Waals surface area (Å²) < 4.78 is 97.2. The van der Waals surface area contributed by atoms with E-state index in [1.165, 1.54) is 13.1 Å². The van der Waals surface area contributed by atoms with Gasteiger partial charge in [-0.2, -0.15) is 26.3 Å². The van der Waals surface area contributed by atoms with Crippen molar-refractivity contribution in [1.29, 1.82) is 0 Å². The number of rotatable bonds is 10. The van der Waals surface area contributed by atoms with Crippen molar-refractivity contribution in [2.75, 3.05) is 13.9 Å². The first-order valence-electron chi connectivity index (χ1n) is 9.19. The van der Waals surface area contributed by atoms with E-state index in [1.54, 1.807) is 19.1 Å². The third-order valence-electron chi connectivity index (χ3n) is 4.42. The second kappa shape index (κ2) is 11.3. The van der Waals surface area contributed by atoms with Crippen molar-refractivity contribution in [2.24, 2.45) is 0 Å². The maximum atomic E-state index is 13.8. The lowest BCUT2D eigenvalue weighted by Crippen LogP contribution is -2.60. The summed E-state index contributed by atoms with van der Waals surface area (Å²) in [6.45, 7) is 3.02. The highest BCUT2D eigenvalue weighted by molar-refractivity contribution is 9.08. The zero-order valence-electron chi connectivity index (χ0n) is 17.4. The lowest BCUT2D eigenvalue weighted by molar-refractivity contribution is -0.375. The van der Waals surface area contributed by atoms with Crippen LogP contribution in [0.25, 0.3) is 0 Å². The number of aromatic nitrogens is 1. The van der Waals surface area contributed by atoms with Gasteiger partial charge in [0, 0.05) is 24.7 Å². The van der Waals surface area contributed by atoms with Crippen LogP contribution in [0.2, 0.25) is 0 Å². The van der Waals surface area contributed by atoms with Gasteiger partial charge in [0.25, 0.3) is 5.60 Å². The van der Waals surface area contributed by atoms with Crippen molar-refractivity contribution in [3.8, 4) is 5.75 Å². The maximum Gasteiger partial charge on any atom is 0.430 e. The molecule has 0 spiro atoms. The average molecular weight is 520 g/mol. The molecule has 0 aliphatic carbocycles. The highest BCUT2D eigenvalue weighted by Gasteiger charge is 2.74. The molecule has 4 nitrogen and oxygen atoms in total. The van der Waals surface area contributed by atoms with Crippen molar-refractivity contribution < 1.29 is 40.6 Å². The molecule has 0 aliphatic rings. The van der Waals surface area contributed by atoms with Crippen LogP contribution in [-0.2, 0) is 14.8 Å². The first-order valence-corrected chi connectivity index (χ1v) is 10.3. The third kappa shape index (κ3) is 6.45. The number of alkyl halides is 7. The smallest absolute Gasteiger partial charge is 0.430 e. The highest BCUT2D eigenvalue weighted by atomic mass is 79.9. The van der Waals surface area contributed by atoms with E-state index in [1.807, 2.05) is 0 Å². The summed E-state index contributed by atoms with van der Waals surface area (Å²) in [5.41, 5.74) is -4.79. The van der Waals surface area contributed by atoms with Crippen molar-refractivity contribution in [1.82, 2.24) is 4.98 Å². The zero-order chi connectivity index (χ0) is 23.9. The number of pyridine rings is 1. The molecule has 31 heavy (non-hydrogen) atoms. The molecule has 1 unspecified atom stereocenters. The molecular weight excluding hydrogens is 496 g/mol. The van der Waals surface area contributed by atoms with Gasteiger partial charge in [0.1, 0.15) is 18.6 Å². The standard InChI is InChI=1S/C20H24BrF6NO3/c1-5-14(13(3)31-17-7-8-28-16(10-17)11-21)9-15(6-2)18(19(22,23)24,20(25,26)27)30-12-29-4/h6-10,13H,5,11-12H2,1-4H3/b14-9-,15-6+. The van der Waals surface area contributed by atoms with Gasteiger partial charge in [-0.3, -0.25) is 4.98 Å². The number of nitrogens with zero attached hydrogens (tertiary/aromatic N) is 1. The topological polar surface area (TPSA) is 40.6 Å². The Bertz CT molecular complexity index is 763. The number of hydrogen-bond donors (Lipinski definition) is 0. The predicted octanol–water partition coefficient (Wildman–Crippen LogP) is 6.51. The van der Waals surface area contributed by atoms with E-state index in [2.05, 4.69) is 30.4 Å². The molecule has 0 fully saturated rings. The van der Waals surface area contributed by atoms with Gasteiger partial charge >= 0.3 is 12.4 Å². The van der Waals surface area contributed by atoms with E-state index < -0.39 is 36.4 Å². The van der Waals surface area contributed by atoms with Gasteiger partial charge in [0.15, 0.2) is 0 Å². The normalized spacial score (nSPS) is 15.2. The Kier molecular flexibility index (Phi) is 10.0. The van der Waals surface area contributed by atoms with Crippen LogP contribution in [0.3, 0.4) is 0 Å². The van der Waals surface area contributed by atoms with Gasteiger partial charge in [-0.05, 0) is 37.5 Å². The molecular formula is C20H24BrF6NO3.